The van der Waals surface area contributed by atoms with E-state index in [4.69, 9.17) is 18.5 Å². The van der Waals surface area contributed by atoms with Crippen LogP contribution in [-0.4, -0.2) is 70.7 Å². The highest BCUT2D eigenvalue weighted by atomic mass is 31.2. The standard InChI is InChI=1S/C58H112NO7P/c1-6-8-10-12-14-16-18-20-22-24-26-28-29-30-32-34-36-38-40-42-44-46-48-50-53-63-55-57(56-65-67(61,62)64-54-52-59(3,4)5)66-58(60)51-49-47-45-43-41-39-37-35-33-31-27-25-23-21-19-17-15-13-11-9-7-2/h19,21,24-27,57H,6-18,20,22-23,28-56H2,1-5H3/b21-19-,26-24-,27-25-. The number of esters is 1. The van der Waals surface area contributed by atoms with Gasteiger partial charge >= 0.3 is 5.97 Å². The summed E-state index contributed by atoms with van der Waals surface area (Å²) in [6.07, 6.45) is 63.2. The molecule has 0 radical (unpaired) electrons. The molecule has 0 aliphatic carbocycles. The molecule has 0 N–H and O–H groups in total. The number of carbonyl (C=O) groups is 1. The summed E-state index contributed by atoms with van der Waals surface area (Å²) in [5.74, 6) is -0.334. The molecule has 0 bridgehead atoms. The van der Waals surface area contributed by atoms with Gasteiger partial charge in [0, 0.05) is 13.0 Å². The van der Waals surface area contributed by atoms with Crippen LogP contribution in [-0.2, 0) is 27.9 Å². The maximum atomic E-state index is 12.8. The highest BCUT2D eigenvalue weighted by Crippen LogP contribution is 2.38. The Morgan fingerprint density at radius 3 is 1.22 bits per heavy atom. The zero-order valence-electron chi connectivity index (χ0n) is 45.1. The largest absolute Gasteiger partial charge is 0.756 e. The molecule has 0 fully saturated rings. The first kappa shape index (κ1) is 65.7. The molecule has 0 amide bonds. The van der Waals surface area contributed by atoms with Crippen molar-refractivity contribution in [1.29, 1.82) is 0 Å². The first-order valence-corrected chi connectivity index (χ1v) is 30.2. The fourth-order valence-electron chi connectivity index (χ4n) is 8.22. The molecule has 67 heavy (non-hydrogen) atoms. The summed E-state index contributed by atoms with van der Waals surface area (Å²) in [5, 5.41) is 0. The molecule has 2 unspecified atom stereocenters. The number of rotatable bonds is 54. The van der Waals surface area contributed by atoms with Gasteiger partial charge in [-0.15, -0.1) is 0 Å². The highest BCUT2D eigenvalue weighted by molar-refractivity contribution is 7.45. The van der Waals surface area contributed by atoms with E-state index in [1.54, 1.807) is 0 Å². The van der Waals surface area contributed by atoms with E-state index in [0.717, 1.165) is 38.5 Å². The Morgan fingerprint density at radius 1 is 0.463 bits per heavy atom. The number of hydrogen-bond donors (Lipinski definition) is 0. The lowest BCUT2D eigenvalue weighted by atomic mass is 10.0. The van der Waals surface area contributed by atoms with Gasteiger partial charge in [0.25, 0.3) is 7.82 Å². The molecule has 9 heteroatoms. The van der Waals surface area contributed by atoms with Crippen LogP contribution in [0.25, 0.3) is 0 Å². The van der Waals surface area contributed by atoms with Crippen molar-refractivity contribution in [3.8, 4) is 0 Å². The lowest BCUT2D eigenvalue weighted by Crippen LogP contribution is -2.37. The maximum absolute atomic E-state index is 12.8. The first-order chi connectivity index (χ1) is 32.6. The summed E-state index contributed by atoms with van der Waals surface area (Å²) < 4.78 is 34.9. The van der Waals surface area contributed by atoms with E-state index in [0.29, 0.717) is 24.1 Å². The lowest BCUT2D eigenvalue weighted by Gasteiger charge is -2.28. The summed E-state index contributed by atoms with van der Waals surface area (Å²) in [6, 6.07) is 0. The van der Waals surface area contributed by atoms with E-state index >= 15 is 0 Å². The fourth-order valence-corrected chi connectivity index (χ4v) is 8.95. The van der Waals surface area contributed by atoms with Crippen LogP contribution in [0, 0.1) is 0 Å². The van der Waals surface area contributed by atoms with Crippen LogP contribution >= 0.6 is 7.82 Å². The monoisotopic (exact) mass is 966 g/mol. The van der Waals surface area contributed by atoms with Gasteiger partial charge < -0.3 is 27.9 Å². The minimum Gasteiger partial charge on any atom is -0.756 e. The Morgan fingerprint density at radius 2 is 0.821 bits per heavy atom. The van der Waals surface area contributed by atoms with E-state index in [1.165, 1.54) is 212 Å². The van der Waals surface area contributed by atoms with Crippen LogP contribution in [0.3, 0.4) is 0 Å². The van der Waals surface area contributed by atoms with Crippen molar-refractivity contribution >= 4 is 13.8 Å². The summed E-state index contributed by atoms with van der Waals surface area (Å²) in [5.41, 5.74) is 0. The molecule has 0 aliphatic heterocycles. The smallest absolute Gasteiger partial charge is 0.306 e. The van der Waals surface area contributed by atoms with Crippen LogP contribution in [0.2, 0.25) is 0 Å². The zero-order chi connectivity index (χ0) is 49.0. The molecule has 396 valence electrons. The van der Waals surface area contributed by atoms with Gasteiger partial charge in [-0.2, -0.15) is 0 Å². The Labute approximate surface area is 416 Å². The number of carbonyl (C=O) groups excluding carboxylic acids is 1. The third-order valence-electron chi connectivity index (χ3n) is 12.7. The summed E-state index contributed by atoms with van der Waals surface area (Å²) >= 11 is 0. The van der Waals surface area contributed by atoms with Crippen LogP contribution in [0.1, 0.15) is 271 Å². The predicted octanol–water partition coefficient (Wildman–Crippen LogP) is 17.4. The molecule has 0 aliphatic rings. The Bertz CT molecular complexity index is 1170. The second-order valence-electron chi connectivity index (χ2n) is 20.6. The van der Waals surface area contributed by atoms with Crippen molar-refractivity contribution < 1.29 is 37.3 Å². The molecule has 0 saturated heterocycles. The SMILES string of the molecule is CCCCCCC/C=C\C/C=C\CCCCCCCCCCCC(=O)OC(COCCCCCCCCCCCCCC/C=C\CCCCCCCCCC)COP(=O)([O-])OCC[N+](C)(C)C. The topological polar surface area (TPSA) is 94.1 Å². The molecule has 0 spiro atoms. The van der Waals surface area contributed by atoms with Crippen molar-refractivity contribution in [2.24, 2.45) is 0 Å². The fraction of sp³-hybridized carbons (Fsp3) is 0.879. The van der Waals surface area contributed by atoms with E-state index in [1.807, 2.05) is 21.1 Å². The minimum atomic E-state index is -4.53. The number of phosphoric acid groups is 1. The van der Waals surface area contributed by atoms with Crippen molar-refractivity contribution in [3.63, 3.8) is 0 Å². The van der Waals surface area contributed by atoms with Crippen molar-refractivity contribution in [2.45, 2.75) is 277 Å². The van der Waals surface area contributed by atoms with Crippen LogP contribution in [0.5, 0.6) is 0 Å². The molecule has 0 aromatic heterocycles. The number of nitrogens with zero attached hydrogens (tertiary/aromatic N) is 1. The summed E-state index contributed by atoms with van der Waals surface area (Å²) in [6.45, 7) is 5.44. The van der Waals surface area contributed by atoms with Gasteiger partial charge in [-0.3, -0.25) is 9.36 Å². The Balaban J connectivity index is 4.07. The number of hydrogen-bond acceptors (Lipinski definition) is 7. The van der Waals surface area contributed by atoms with E-state index in [2.05, 4.69) is 50.3 Å². The highest BCUT2D eigenvalue weighted by Gasteiger charge is 2.20. The van der Waals surface area contributed by atoms with Gasteiger partial charge in [0.2, 0.25) is 0 Å². The molecule has 0 heterocycles. The number of unbranched alkanes of at least 4 members (excludes halogenated alkanes) is 34. The summed E-state index contributed by atoms with van der Waals surface area (Å²) in [4.78, 5) is 25.2. The van der Waals surface area contributed by atoms with Crippen molar-refractivity contribution in [1.82, 2.24) is 0 Å². The maximum Gasteiger partial charge on any atom is 0.306 e. The molecule has 2 atom stereocenters. The quantitative estimate of drug-likeness (QED) is 0.0197. The predicted molar refractivity (Wildman–Crippen MR) is 287 cm³/mol. The van der Waals surface area contributed by atoms with Gasteiger partial charge in [0.05, 0.1) is 34.4 Å². The number of ether oxygens (including phenoxy) is 2. The van der Waals surface area contributed by atoms with Crippen molar-refractivity contribution in [3.05, 3.63) is 36.5 Å². The average Bonchev–Trinajstić information content (AvgIpc) is 3.29. The lowest BCUT2D eigenvalue weighted by molar-refractivity contribution is -0.870. The van der Waals surface area contributed by atoms with Crippen LogP contribution < -0.4 is 4.89 Å². The third kappa shape index (κ3) is 55.5. The van der Waals surface area contributed by atoms with E-state index < -0.39 is 13.9 Å². The molecule has 8 nitrogen and oxygen atoms in total. The van der Waals surface area contributed by atoms with Gasteiger partial charge in [-0.05, 0) is 70.6 Å². The minimum absolute atomic E-state index is 0.0260. The van der Waals surface area contributed by atoms with Gasteiger partial charge in [0.15, 0.2) is 0 Å². The van der Waals surface area contributed by atoms with Gasteiger partial charge in [-0.25, -0.2) is 0 Å². The molecule has 0 aromatic rings. The molecule has 0 rings (SSSR count). The Kier molecular flexibility index (Phi) is 50.1. The average molecular weight is 967 g/mol. The first-order valence-electron chi connectivity index (χ1n) is 28.7. The number of allylic oxidation sites excluding steroid dienone is 6. The van der Waals surface area contributed by atoms with Gasteiger partial charge in [-0.1, -0.05) is 230 Å². The molecule has 0 saturated carbocycles. The molecular weight excluding hydrogens is 854 g/mol. The van der Waals surface area contributed by atoms with Crippen LogP contribution in [0.15, 0.2) is 36.5 Å². The van der Waals surface area contributed by atoms with E-state index in [-0.39, 0.29) is 25.8 Å². The molecule has 0 aromatic carbocycles. The van der Waals surface area contributed by atoms with Crippen molar-refractivity contribution in [2.75, 3.05) is 54.1 Å². The van der Waals surface area contributed by atoms with Crippen LogP contribution in [0.4, 0.5) is 0 Å². The second kappa shape index (κ2) is 51.1. The third-order valence-corrected chi connectivity index (χ3v) is 13.6. The molecular formula is C58H112NO7P. The van der Waals surface area contributed by atoms with Gasteiger partial charge in [0.1, 0.15) is 19.3 Å². The summed E-state index contributed by atoms with van der Waals surface area (Å²) in [7, 11) is 1.36. The van der Waals surface area contributed by atoms with E-state index in [9.17, 15) is 14.3 Å². The number of quaternary nitrogens is 1. The normalized spacial score (nSPS) is 13.7. The number of likely N-dealkylation sites (N-methyl/N-ethyl adjacent to an activating group) is 1. The number of phosphoric ester groups is 1. The second-order valence-corrected chi connectivity index (χ2v) is 22.1. The zero-order valence-corrected chi connectivity index (χ0v) is 46.0. The Hall–Kier alpha value is -1.28.